The smallest absolute Gasteiger partial charge is 0.265 e. The van der Waals surface area contributed by atoms with Gasteiger partial charge in [-0.2, -0.15) is 5.10 Å². The molecule has 38 heavy (non-hydrogen) atoms. The van der Waals surface area contributed by atoms with Crippen LogP contribution in [0, 0.1) is 5.82 Å². The molecule has 1 fully saturated rings. The van der Waals surface area contributed by atoms with Crippen LogP contribution in [0.15, 0.2) is 59.7 Å². The van der Waals surface area contributed by atoms with E-state index in [1.54, 1.807) is 24.0 Å². The van der Waals surface area contributed by atoms with Gasteiger partial charge in [0, 0.05) is 50.7 Å². The molecule has 0 radical (unpaired) electrons. The Morgan fingerprint density at radius 3 is 2.71 bits per heavy atom. The lowest BCUT2D eigenvalue weighted by atomic mass is 10.0. The summed E-state index contributed by atoms with van der Waals surface area (Å²) in [5.41, 5.74) is 0.866. The van der Waals surface area contributed by atoms with Crippen molar-refractivity contribution < 1.29 is 14.3 Å². The highest BCUT2D eigenvalue weighted by molar-refractivity contribution is 6.30. The van der Waals surface area contributed by atoms with Crippen LogP contribution in [0.4, 0.5) is 15.8 Å². The van der Waals surface area contributed by atoms with Crippen molar-refractivity contribution in [3.8, 4) is 17.1 Å². The number of nitrogens with zero attached hydrogens (tertiary/aromatic N) is 5. The number of aryl methyl sites for hydroxylation is 1. The summed E-state index contributed by atoms with van der Waals surface area (Å²) >= 11 is 5.83. The predicted molar refractivity (Wildman–Crippen MR) is 143 cm³/mol. The predicted octanol–water partition coefficient (Wildman–Crippen LogP) is 4.46. The number of nitrogens with one attached hydrogen (secondary N) is 1. The van der Waals surface area contributed by atoms with Gasteiger partial charge < -0.3 is 19.9 Å². The van der Waals surface area contributed by atoms with Crippen molar-refractivity contribution in [2.75, 3.05) is 24.5 Å². The lowest BCUT2D eigenvalue weighted by Gasteiger charge is -2.27. The molecule has 1 atom stereocenters. The van der Waals surface area contributed by atoms with Crippen molar-refractivity contribution >= 4 is 28.9 Å². The molecule has 1 aliphatic rings. The number of rotatable bonds is 6. The number of amides is 1. The molecule has 0 bridgehead atoms. The normalized spacial score (nSPS) is 15.2. The highest BCUT2D eigenvalue weighted by atomic mass is 35.5. The van der Waals surface area contributed by atoms with Gasteiger partial charge >= 0.3 is 0 Å². The summed E-state index contributed by atoms with van der Waals surface area (Å²) < 4.78 is 16.1. The number of anilines is 2. The number of benzene rings is 1. The lowest BCUT2D eigenvalue weighted by Crippen LogP contribution is -2.34. The first-order valence-electron chi connectivity index (χ1n) is 12.2. The molecule has 11 heteroatoms. The van der Waals surface area contributed by atoms with Crippen molar-refractivity contribution in [2.24, 2.45) is 7.05 Å². The third kappa shape index (κ3) is 4.63. The van der Waals surface area contributed by atoms with Crippen molar-refractivity contribution in [1.82, 2.24) is 24.6 Å². The van der Waals surface area contributed by atoms with Crippen LogP contribution in [0.1, 0.15) is 35.3 Å². The molecule has 1 aromatic carbocycles. The van der Waals surface area contributed by atoms with Gasteiger partial charge in [-0.05, 0) is 37.6 Å². The second kappa shape index (κ2) is 10.3. The summed E-state index contributed by atoms with van der Waals surface area (Å²) in [6.45, 7) is 2.76. The monoisotopic (exact) mass is 536 g/mol. The van der Waals surface area contributed by atoms with Crippen LogP contribution in [-0.2, 0) is 7.05 Å². The summed E-state index contributed by atoms with van der Waals surface area (Å²) in [5.74, 6) is -1.98. The zero-order valence-corrected chi connectivity index (χ0v) is 21.6. The number of carbonyl (C=O) groups is 1. The summed E-state index contributed by atoms with van der Waals surface area (Å²) in [5, 5.41) is 16.1. The molecule has 3 aromatic heterocycles. The summed E-state index contributed by atoms with van der Waals surface area (Å²) in [7, 11) is 1.75. The lowest BCUT2D eigenvalue weighted by molar-refractivity contribution is 0.0785. The number of aromatic amines is 1. The number of aromatic hydroxyl groups is 1. The SMILES string of the molecule is CCN(c1ccccc1)c1c(-c2ccn(C)n2)[nH]c(=O)c(C(=O)N2CCC(c3ncc(Cl)cc3F)C2)c1O. The molecule has 5 rings (SSSR count). The van der Waals surface area contributed by atoms with E-state index in [9.17, 15) is 19.1 Å². The Kier molecular flexibility index (Phi) is 6.90. The Morgan fingerprint density at radius 2 is 2.05 bits per heavy atom. The van der Waals surface area contributed by atoms with E-state index in [-0.39, 0.29) is 41.0 Å². The fraction of sp³-hybridized carbons (Fsp3) is 0.259. The molecule has 0 saturated carbocycles. The first-order chi connectivity index (χ1) is 18.3. The fourth-order valence-corrected chi connectivity index (χ4v) is 5.05. The van der Waals surface area contributed by atoms with Gasteiger partial charge in [0.15, 0.2) is 5.75 Å². The first-order valence-corrected chi connectivity index (χ1v) is 12.6. The first kappa shape index (κ1) is 25.5. The fourth-order valence-electron chi connectivity index (χ4n) is 4.90. The molecule has 1 aliphatic heterocycles. The van der Waals surface area contributed by atoms with Gasteiger partial charge in [-0.25, -0.2) is 4.39 Å². The average molecular weight is 537 g/mol. The Labute approximate surface area is 223 Å². The van der Waals surface area contributed by atoms with E-state index in [1.165, 1.54) is 17.2 Å². The van der Waals surface area contributed by atoms with E-state index in [1.807, 2.05) is 42.2 Å². The van der Waals surface area contributed by atoms with E-state index in [0.29, 0.717) is 24.4 Å². The van der Waals surface area contributed by atoms with Gasteiger partial charge in [0.1, 0.15) is 22.8 Å². The third-order valence-corrected chi connectivity index (χ3v) is 6.91. The quantitative estimate of drug-likeness (QED) is 0.377. The van der Waals surface area contributed by atoms with E-state index >= 15 is 0 Å². The van der Waals surface area contributed by atoms with Gasteiger partial charge in [0.2, 0.25) is 0 Å². The van der Waals surface area contributed by atoms with Crippen LogP contribution in [0.25, 0.3) is 11.4 Å². The second-order valence-electron chi connectivity index (χ2n) is 9.11. The minimum Gasteiger partial charge on any atom is -0.505 e. The topological polar surface area (TPSA) is 107 Å². The molecule has 0 spiro atoms. The number of para-hydroxylation sites is 1. The number of hydrogen-bond acceptors (Lipinski definition) is 6. The zero-order chi connectivity index (χ0) is 27.0. The van der Waals surface area contributed by atoms with Gasteiger partial charge in [-0.1, -0.05) is 29.8 Å². The molecule has 1 saturated heterocycles. The maximum absolute atomic E-state index is 14.5. The van der Waals surface area contributed by atoms with E-state index in [0.717, 1.165) is 5.69 Å². The van der Waals surface area contributed by atoms with E-state index in [4.69, 9.17) is 11.6 Å². The van der Waals surface area contributed by atoms with E-state index < -0.39 is 23.0 Å². The second-order valence-corrected chi connectivity index (χ2v) is 9.55. The standard InChI is InChI=1S/C27H26ClFN6O3/c1-3-35(18-7-5-4-6-8-18)24-23(20-10-11-33(2)32-20)31-26(37)21(25(24)36)27(38)34-12-9-16(15-34)22-19(29)13-17(28)14-30-22/h4-8,10-11,13-14,16H,3,9,12,15H2,1-2H3,(H2,31,36,37). The number of halogens is 2. The number of aromatic nitrogens is 4. The number of likely N-dealkylation sites (tertiary alicyclic amines) is 1. The van der Waals surface area contributed by atoms with Gasteiger partial charge in [-0.3, -0.25) is 19.3 Å². The van der Waals surface area contributed by atoms with Crippen LogP contribution >= 0.6 is 11.6 Å². The largest absolute Gasteiger partial charge is 0.505 e. The van der Waals surface area contributed by atoms with Crippen molar-refractivity contribution in [3.05, 3.63) is 87.3 Å². The summed E-state index contributed by atoms with van der Waals surface area (Å²) in [4.78, 5) is 37.1. The van der Waals surface area contributed by atoms with Gasteiger partial charge in [-0.15, -0.1) is 0 Å². The zero-order valence-electron chi connectivity index (χ0n) is 20.9. The minimum atomic E-state index is -0.736. The van der Waals surface area contributed by atoms with Crippen molar-refractivity contribution in [3.63, 3.8) is 0 Å². The highest BCUT2D eigenvalue weighted by Gasteiger charge is 2.35. The van der Waals surface area contributed by atoms with Crippen LogP contribution < -0.4 is 10.5 Å². The molecule has 2 N–H and O–H groups in total. The molecular weight excluding hydrogens is 511 g/mol. The van der Waals surface area contributed by atoms with Crippen LogP contribution in [0.5, 0.6) is 5.75 Å². The van der Waals surface area contributed by atoms with Crippen LogP contribution in [0.2, 0.25) is 5.02 Å². The van der Waals surface area contributed by atoms with Crippen LogP contribution in [0.3, 0.4) is 0 Å². The molecular formula is C27H26ClFN6O3. The summed E-state index contributed by atoms with van der Waals surface area (Å²) in [6.07, 6.45) is 3.55. The maximum atomic E-state index is 14.5. The number of H-pyrrole nitrogens is 1. The number of carbonyl (C=O) groups excluding carboxylic acids is 1. The van der Waals surface area contributed by atoms with Crippen molar-refractivity contribution in [1.29, 1.82) is 0 Å². The summed E-state index contributed by atoms with van der Waals surface area (Å²) in [6, 6.07) is 12.3. The van der Waals surface area contributed by atoms with E-state index in [2.05, 4.69) is 15.1 Å². The van der Waals surface area contributed by atoms with Gasteiger partial charge in [0.25, 0.3) is 11.5 Å². The molecule has 1 unspecified atom stereocenters. The maximum Gasteiger partial charge on any atom is 0.265 e. The molecule has 4 heterocycles. The van der Waals surface area contributed by atoms with Crippen molar-refractivity contribution in [2.45, 2.75) is 19.3 Å². The Morgan fingerprint density at radius 1 is 1.29 bits per heavy atom. The average Bonchev–Trinajstić information content (AvgIpc) is 3.56. The molecule has 0 aliphatic carbocycles. The number of hydrogen-bond donors (Lipinski definition) is 2. The minimum absolute atomic E-state index is 0.150. The number of pyridine rings is 2. The highest BCUT2D eigenvalue weighted by Crippen LogP contribution is 2.41. The molecule has 4 aromatic rings. The van der Waals surface area contributed by atoms with Crippen LogP contribution in [-0.4, -0.2) is 55.3 Å². The molecule has 9 nitrogen and oxygen atoms in total. The Hall–Kier alpha value is -4.18. The Bertz CT molecular complexity index is 1550. The Balaban J connectivity index is 1.57. The molecule has 196 valence electrons. The van der Waals surface area contributed by atoms with Gasteiger partial charge in [0.05, 0.1) is 16.4 Å². The molecule has 1 amide bonds. The third-order valence-electron chi connectivity index (χ3n) is 6.70.